The molecule has 0 saturated heterocycles. The molecule has 20 heavy (non-hydrogen) atoms. The zero-order valence-corrected chi connectivity index (χ0v) is 13.3. The summed E-state index contributed by atoms with van der Waals surface area (Å²) in [6, 6.07) is 7.51. The number of aliphatic imine (C=N–C) groups is 1. The van der Waals surface area contributed by atoms with Crippen LogP contribution in [0.2, 0.25) is 5.02 Å². The first-order valence-corrected chi connectivity index (χ1v) is 8.56. The van der Waals surface area contributed by atoms with Gasteiger partial charge in [-0.15, -0.1) is 0 Å². The van der Waals surface area contributed by atoms with Gasteiger partial charge in [-0.3, -0.25) is 4.99 Å². The second-order valence-corrected chi connectivity index (χ2v) is 7.13. The van der Waals surface area contributed by atoms with Crippen molar-refractivity contribution in [1.29, 1.82) is 0 Å². The Kier molecular flexibility index (Phi) is 6.81. The van der Waals surface area contributed by atoms with Crippen molar-refractivity contribution in [2.24, 2.45) is 4.99 Å². The van der Waals surface area contributed by atoms with Crippen LogP contribution in [0.5, 0.6) is 0 Å². The highest BCUT2D eigenvalue weighted by Crippen LogP contribution is 2.10. The van der Waals surface area contributed by atoms with Crippen LogP contribution in [0.15, 0.2) is 29.3 Å². The molecule has 0 amide bonds. The van der Waals surface area contributed by atoms with E-state index in [4.69, 9.17) is 11.6 Å². The monoisotopic (exact) mass is 317 g/mol. The fourth-order valence-corrected chi connectivity index (χ4v) is 2.44. The predicted octanol–water partition coefficient (Wildman–Crippen LogP) is 1.44. The minimum atomic E-state index is -2.96. The predicted molar refractivity (Wildman–Crippen MR) is 84.0 cm³/mol. The van der Waals surface area contributed by atoms with Gasteiger partial charge in [0.25, 0.3) is 0 Å². The Bertz CT molecular complexity index is 558. The molecule has 5 nitrogen and oxygen atoms in total. The lowest BCUT2D eigenvalue weighted by molar-refractivity contribution is 0.595. The van der Waals surface area contributed by atoms with Gasteiger partial charge in [0, 0.05) is 30.9 Å². The Labute approximate surface area is 125 Å². The average molecular weight is 318 g/mol. The number of halogens is 1. The zero-order chi connectivity index (χ0) is 15.0. The molecule has 1 aromatic carbocycles. The lowest BCUT2D eigenvalue weighted by Crippen LogP contribution is -2.39. The van der Waals surface area contributed by atoms with Crippen molar-refractivity contribution in [1.82, 2.24) is 10.6 Å². The molecule has 0 fully saturated rings. The summed E-state index contributed by atoms with van der Waals surface area (Å²) in [5, 5.41) is 6.76. The normalized spacial score (nSPS) is 12.2. The van der Waals surface area contributed by atoms with Crippen LogP contribution in [0.1, 0.15) is 12.5 Å². The van der Waals surface area contributed by atoms with Crippen molar-refractivity contribution >= 4 is 27.4 Å². The van der Waals surface area contributed by atoms with E-state index < -0.39 is 9.84 Å². The maximum Gasteiger partial charge on any atom is 0.191 e. The van der Waals surface area contributed by atoms with Crippen LogP contribution in [0.4, 0.5) is 0 Å². The first kappa shape index (κ1) is 16.8. The number of nitrogens with one attached hydrogen (secondary N) is 2. The summed E-state index contributed by atoms with van der Waals surface area (Å²) in [7, 11) is -1.32. The zero-order valence-electron chi connectivity index (χ0n) is 11.7. The fraction of sp³-hybridized carbons (Fsp3) is 0.462. The third-order valence-corrected chi connectivity index (χ3v) is 4.66. The summed E-state index contributed by atoms with van der Waals surface area (Å²) < 4.78 is 22.7. The summed E-state index contributed by atoms with van der Waals surface area (Å²) in [6.07, 6.45) is 0. The molecule has 0 aliphatic carbocycles. The minimum Gasteiger partial charge on any atom is -0.355 e. The molecule has 0 bridgehead atoms. The molecule has 0 aliphatic heterocycles. The molecule has 0 heterocycles. The van der Waals surface area contributed by atoms with E-state index in [1.165, 1.54) is 0 Å². The maximum absolute atomic E-state index is 11.4. The van der Waals surface area contributed by atoms with Crippen molar-refractivity contribution in [3.63, 3.8) is 0 Å². The Morgan fingerprint density at radius 1 is 1.35 bits per heavy atom. The van der Waals surface area contributed by atoms with Gasteiger partial charge in [0.15, 0.2) is 15.8 Å². The van der Waals surface area contributed by atoms with Gasteiger partial charge in [-0.2, -0.15) is 0 Å². The summed E-state index contributed by atoms with van der Waals surface area (Å²) in [6.45, 7) is 2.55. The Balaban J connectivity index is 2.41. The van der Waals surface area contributed by atoms with Gasteiger partial charge in [0.2, 0.25) is 0 Å². The van der Waals surface area contributed by atoms with Crippen LogP contribution in [0.25, 0.3) is 0 Å². The highest BCUT2D eigenvalue weighted by atomic mass is 35.5. The third-order valence-electron chi connectivity index (χ3n) is 2.72. The lowest BCUT2D eigenvalue weighted by atomic mass is 10.2. The number of hydrogen-bond acceptors (Lipinski definition) is 3. The van der Waals surface area contributed by atoms with E-state index >= 15 is 0 Å². The van der Waals surface area contributed by atoms with Crippen LogP contribution in [-0.4, -0.2) is 39.5 Å². The fourth-order valence-electron chi connectivity index (χ4n) is 1.52. The van der Waals surface area contributed by atoms with Gasteiger partial charge in [-0.1, -0.05) is 30.7 Å². The Morgan fingerprint density at radius 2 is 2.10 bits per heavy atom. The number of guanidine groups is 1. The summed E-state index contributed by atoms with van der Waals surface area (Å²) in [4.78, 5) is 4.04. The molecule has 0 aromatic heterocycles. The molecular weight excluding hydrogens is 298 g/mol. The third kappa shape index (κ3) is 6.25. The van der Waals surface area contributed by atoms with Crippen LogP contribution in [-0.2, 0) is 16.4 Å². The van der Waals surface area contributed by atoms with Gasteiger partial charge >= 0.3 is 0 Å². The molecule has 1 rings (SSSR count). The molecule has 0 radical (unpaired) electrons. The summed E-state index contributed by atoms with van der Waals surface area (Å²) in [5.74, 6) is 0.821. The van der Waals surface area contributed by atoms with Crippen molar-refractivity contribution in [2.75, 3.05) is 25.1 Å². The second kappa shape index (κ2) is 8.11. The van der Waals surface area contributed by atoms with Crippen LogP contribution >= 0.6 is 11.6 Å². The van der Waals surface area contributed by atoms with E-state index in [-0.39, 0.29) is 11.5 Å². The van der Waals surface area contributed by atoms with Crippen LogP contribution in [0.3, 0.4) is 0 Å². The molecule has 2 N–H and O–H groups in total. The molecular formula is C13H20ClN3O2S. The number of hydrogen-bond donors (Lipinski definition) is 2. The van der Waals surface area contributed by atoms with Crippen molar-refractivity contribution in [2.45, 2.75) is 13.5 Å². The molecule has 0 unspecified atom stereocenters. The first-order valence-electron chi connectivity index (χ1n) is 6.36. The summed E-state index contributed by atoms with van der Waals surface area (Å²) >= 11 is 5.90. The molecule has 1 aromatic rings. The maximum atomic E-state index is 11.4. The van der Waals surface area contributed by atoms with Gasteiger partial charge in [-0.25, -0.2) is 8.42 Å². The Hall–Kier alpha value is -1.27. The van der Waals surface area contributed by atoms with E-state index in [1.54, 1.807) is 14.0 Å². The Morgan fingerprint density at radius 3 is 2.70 bits per heavy atom. The lowest BCUT2D eigenvalue weighted by Gasteiger charge is -2.12. The molecule has 0 spiro atoms. The SMILES string of the molecule is CCS(=O)(=O)CCNC(=NC)NCc1cccc(Cl)c1. The van der Waals surface area contributed by atoms with Gasteiger partial charge in [0.05, 0.1) is 5.75 Å². The largest absolute Gasteiger partial charge is 0.355 e. The van der Waals surface area contributed by atoms with Gasteiger partial charge in [-0.05, 0) is 17.7 Å². The molecule has 0 aliphatic rings. The average Bonchev–Trinajstić information content (AvgIpc) is 2.42. The van der Waals surface area contributed by atoms with E-state index in [0.717, 1.165) is 5.56 Å². The smallest absolute Gasteiger partial charge is 0.191 e. The number of rotatable bonds is 6. The molecule has 112 valence electrons. The molecule has 0 saturated carbocycles. The number of benzene rings is 1. The van der Waals surface area contributed by atoms with Crippen molar-refractivity contribution in [3.8, 4) is 0 Å². The van der Waals surface area contributed by atoms with Crippen molar-refractivity contribution < 1.29 is 8.42 Å². The quantitative estimate of drug-likeness (QED) is 0.615. The highest BCUT2D eigenvalue weighted by molar-refractivity contribution is 7.91. The standard InChI is InChI=1S/C13H20ClN3O2S/c1-3-20(18,19)8-7-16-13(15-2)17-10-11-5-4-6-12(14)9-11/h4-6,9H,3,7-8,10H2,1-2H3,(H2,15,16,17). The van der Waals surface area contributed by atoms with E-state index in [1.807, 2.05) is 24.3 Å². The van der Waals surface area contributed by atoms with E-state index in [9.17, 15) is 8.42 Å². The number of sulfone groups is 1. The van der Waals surface area contributed by atoms with Crippen LogP contribution in [0, 0.1) is 0 Å². The van der Waals surface area contributed by atoms with Crippen molar-refractivity contribution in [3.05, 3.63) is 34.9 Å². The van der Waals surface area contributed by atoms with E-state index in [2.05, 4.69) is 15.6 Å². The summed E-state index contributed by atoms with van der Waals surface area (Å²) in [5.41, 5.74) is 1.03. The number of nitrogens with zero attached hydrogens (tertiary/aromatic N) is 1. The topological polar surface area (TPSA) is 70.6 Å². The first-order chi connectivity index (χ1) is 9.46. The van der Waals surface area contributed by atoms with E-state index in [0.29, 0.717) is 24.1 Å². The van der Waals surface area contributed by atoms with Gasteiger partial charge in [0.1, 0.15) is 0 Å². The van der Waals surface area contributed by atoms with Crippen LogP contribution < -0.4 is 10.6 Å². The highest BCUT2D eigenvalue weighted by Gasteiger charge is 2.07. The second-order valence-electron chi connectivity index (χ2n) is 4.22. The minimum absolute atomic E-state index is 0.0986. The van der Waals surface area contributed by atoms with Gasteiger partial charge < -0.3 is 10.6 Å². The molecule has 7 heteroatoms. The molecule has 0 atom stereocenters.